The van der Waals surface area contributed by atoms with E-state index in [9.17, 15) is 4.79 Å². The van der Waals surface area contributed by atoms with Crippen LogP contribution in [0.5, 0.6) is 0 Å². The molecule has 0 unspecified atom stereocenters. The largest absolute Gasteiger partial charge is 0.465 e. The SMILES string of the molecule is Cc1ccc(-c2nc(C)sc2CC(=O)OC[C@@H]2CCOC2)cc1. The average molecular weight is 331 g/mol. The summed E-state index contributed by atoms with van der Waals surface area (Å²) in [6.07, 6.45) is 1.25. The number of hydrogen-bond donors (Lipinski definition) is 0. The summed E-state index contributed by atoms with van der Waals surface area (Å²) in [5.41, 5.74) is 3.15. The van der Waals surface area contributed by atoms with Gasteiger partial charge in [0, 0.05) is 23.0 Å². The van der Waals surface area contributed by atoms with Crippen LogP contribution in [0.4, 0.5) is 0 Å². The van der Waals surface area contributed by atoms with Crippen LogP contribution < -0.4 is 0 Å². The summed E-state index contributed by atoms with van der Waals surface area (Å²) in [5, 5.41) is 0.965. The monoisotopic (exact) mass is 331 g/mol. The van der Waals surface area contributed by atoms with Gasteiger partial charge in [0.15, 0.2) is 0 Å². The molecule has 122 valence electrons. The minimum absolute atomic E-state index is 0.186. The number of benzene rings is 1. The third kappa shape index (κ3) is 4.18. The minimum atomic E-state index is -0.186. The van der Waals surface area contributed by atoms with Gasteiger partial charge in [-0.15, -0.1) is 11.3 Å². The molecule has 2 aromatic rings. The van der Waals surface area contributed by atoms with Gasteiger partial charge in [-0.25, -0.2) is 4.98 Å². The van der Waals surface area contributed by atoms with E-state index in [1.54, 1.807) is 11.3 Å². The maximum Gasteiger partial charge on any atom is 0.311 e. The molecule has 0 aliphatic carbocycles. The zero-order chi connectivity index (χ0) is 16.2. The molecule has 1 saturated heterocycles. The van der Waals surface area contributed by atoms with Crippen LogP contribution in [0.25, 0.3) is 11.3 Å². The number of rotatable bonds is 5. The van der Waals surface area contributed by atoms with Crippen molar-refractivity contribution in [1.82, 2.24) is 4.98 Å². The zero-order valence-corrected chi connectivity index (χ0v) is 14.3. The first-order chi connectivity index (χ1) is 11.1. The molecule has 0 amide bonds. The molecule has 23 heavy (non-hydrogen) atoms. The first-order valence-corrected chi connectivity index (χ1v) is 8.70. The lowest BCUT2D eigenvalue weighted by molar-refractivity contribution is -0.144. The molecule has 0 N–H and O–H groups in total. The van der Waals surface area contributed by atoms with Gasteiger partial charge in [0.05, 0.1) is 30.3 Å². The third-order valence-electron chi connectivity index (χ3n) is 3.94. The summed E-state index contributed by atoms with van der Waals surface area (Å²) in [6.45, 7) is 5.94. The highest BCUT2D eigenvalue weighted by Gasteiger charge is 2.19. The highest BCUT2D eigenvalue weighted by atomic mass is 32.1. The van der Waals surface area contributed by atoms with E-state index in [0.717, 1.165) is 34.2 Å². The van der Waals surface area contributed by atoms with Crippen molar-refractivity contribution in [3.63, 3.8) is 0 Å². The van der Waals surface area contributed by atoms with Crippen molar-refractivity contribution in [3.05, 3.63) is 39.7 Å². The number of ether oxygens (including phenoxy) is 2. The van der Waals surface area contributed by atoms with Crippen molar-refractivity contribution in [2.24, 2.45) is 5.92 Å². The Kier molecular flexibility index (Phi) is 5.08. The molecule has 0 saturated carbocycles. The molecule has 1 aromatic heterocycles. The van der Waals surface area contributed by atoms with E-state index in [-0.39, 0.29) is 12.4 Å². The Morgan fingerprint density at radius 3 is 2.83 bits per heavy atom. The lowest BCUT2D eigenvalue weighted by Gasteiger charge is -2.09. The van der Waals surface area contributed by atoms with Gasteiger partial charge in [0.2, 0.25) is 0 Å². The van der Waals surface area contributed by atoms with E-state index >= 15 is 0 Å². The van der Waals surface area contributed by atoms with Gasteiger partial charge < -0.3 is 9.47 Å². The van der Waals surface area contributed by atoms with Gasteiger partial charge in [0.25, 0.3) is 0 Å². The second kappa shape index (κ2) is 7.23. The lowest BCUT2D eigenvalue weighted by atomic mass is 10.1. The van der Waals surface area contributed by atoms with Crippen LogP contribution in [0.15, 0.2) is 24.3 Å². The van der Waals surface area contributed by atoms with Crippen LogP contribution in [0.1, 0.15) is 21.9 Å². The molecule has 5 heteroatoms. The predicted molar refractivity (Wildman–Crippen MR) is 90.6 cm³/mol. The van der Waals surface area contributed by atoms with Crippen LogP contribution in [-0.2, 0) is 20.7 Å². The van der Waals surface area contributed by atoms with Crippen molar-refractivity contribution in [2.45, 2.75) is 26.7 Å². The Morgan fingerprint density at radius 1 is 1.35 bits per heavy atom. The third-order valence-corrected chi connectivity index (χ3v) is 4.91. The molecule has 0 spiro atoms. The van der Waals surface area contributed by atoms with Crippen molar-refractivity contribution < 1.29 is 14.3 Å². The van der Waals surface area contributed by atoms with Crippen LogP contribution in [0, 0.1) is 19.8 Å². The second-order valence-corrected chi connectivity index (χ2v) is 7.25. The first-order valence-electron chi connectivity index (χ1n) is 7.88. The van der Waals surface area contributed by atoms with Crippen LogP contribution >= 0.6 is 11.3 Å². The summed E-state index contributed by atoms with van der Waals surface area (Å²) < 4.78 is 10.7. The fraction of sp³-hybridized carbons (Fsp3) is 0.444. The van der Waals surface area contributed by atoms with E-state index in [0.29, 0.717) is 19.1 Å². The van der Waals surface area contributed by atoms with Gasteiger partial charge in [-0.3, -0.25) is 4.79 Å². The minimum Gasteiger partial charge on any atom is -0.465 e. The number of carbonyl (C=O) groups excluding carboxylic acids is 1. The molecule has 1 aliphatic heterocycles. The number of thiazole rings is 1. The molecular formula is C18H21NO3S. The van der Waals surface area contributed by atoms with E-state index in [1.165, 1.54) is 5.56 Å². The standard InChI is InChI=1S/C18H21NO3S/c1-12-3-5-15(6-4-12)18-16(23-13(2)19-18)9-17(20)22-11-14-7-8-21-10-14/h3-6,14H,7-11H2,1-2H3/t14-/m1/s1. The molecule has 1 fully saturated rings. The quantitative estimate of drug-likeness (QED) is 0.786. The summed E-state index contributed by atoms with van der Waals surface area (Å²) in [4.78, 5) is 17.7. The smallest absolute Gasteiger partial charge is 0.311 e. The molecule has 0 bridgehead atoms. The highest BCUT2D eigenvalue weighted by Crippen LogP contribution is 2.29. The topological polar surface area (TPSA) is 48.4 Å². The Bertz CT molecular complexity index is 672. The molecule has 3 rings (SSSR count). The summed E-state index contributed by atoms with van der Waals surface area (Å²) in [7, 11) is 0. The normalized spacial score (nSPS) is 17.4. The number of nitrogens with zero attached hydrogens (tertiary/aromatic N) is 1. The molecule has 0 radical (unpaired) electrons. The van der Waals surface area contributed by atoms with Gasteiger partial charge in [0.1, 0.15) is 0 Å². The molecule has 1 aliphatic rings. The molecule has 2 heterocycles. The zero-order valence-electron chi connectivity index (χ0n) is 13.5. The first kappa shape index (κ1) is 16.1. The molecular weight excluding hydrogens is 310 g/mol. The number of esters is 1. The Morgan fingerprint density at radius 2 is 2.13 bits per heavy atom. The number of hydrogen-bond acceptors (Lipinski definition) is 5. The Balaban J connectivity index is 1.67. The predicted octanol–water partition coefficient (Wildman–Crippen LogP) is 3.55. The van der Waals surface area contributed by atoms with Gasteiger partial charge in [-0.2, -0.15) is 0 Å². The van der Waals surface area contributed by atoms with Crippen molar-refractivity contribution >= 4 is 17.3 Å². The molecule has 4 nitrogen and oxygen atoms in total. The maximum absolute atomic E-state index is 12.1. The Labute approximate surface area is 140 Å². The van der Waals surface area contributed by atoms with E-state index in [4.69, 9.17) is 9.47 Å². The summed E-state index contributed by atoms with van der Waals surface area (Å²) in [6, 6.07) is 8.22. The highest BCUT2D eigenvalue weighted by molar-refractivity contribution is 7.12. The maximum atomic E-state index is 12.1. The number of aromatic nitrogens is 1. The van der Waals surface area contributed by atoms with Crippen LogP contribution in [0.3, 0.4) is 0 Å². The number of aryl methyl sites for hydroxylation is 2. The van der Waals surface area contributed by atoms with E-state index in [2.05, 4.69) is 36.2 Å². The van der Waals surface area contributed by atoms with Crippen molar-refractivity contribution in [3.8, 4) is 11.3 Å². The van der Waals surface area contributed by atoms with Crippen molar-refractivity contribution in [2.75, 3.05) is 19.8 Å². The van der Waals surface area contributed by atoms with Crippen molar-refractivity contribution in [1.29, 1.82) is 0 Å². The van der Waals surface area contributed by atoms with E-state index < -0.39 is 0 Å². The summed E-state index contributed by atoms with van der Waals surface area (Å²) >= 11 is 1.56. The lowest BCUT2D eigenvalue weighted by Crippen LogP contribution is -2.15. The van der Waals surface area contributed by atoms with E-state index in [1.807, 2.05) is 6.92 Å². The Hall–Kier alpha value is -1.72. The fourth-order valence-corrected chi connectivity index (χ4v) is 3.58. The number of carbonyl (C=O) groups is 1. The van der Waals surface area contributed by atoms with Crippen LogP contribution in [0.2, 0.25) is 0 Å². The van der Waals surface area contributed by atoms with Gasteiger partial charge >= 0.3 is 5.97 Å². The molecule has 1 atom stereocenters. The van der Waals surface area contributed by atoms with Gasteiger partial charge in [-0.1, -0.05) is 29.8 Å². The summed E-state index contributed by atoms with van der Waals surface area (Å²) in [5.74, 6) is 0.160. The second-order valence-electron chi connectivity index (χ2n) is 5.96. The fourth-order valence-electron chi connectivity index (χ4n) is 2.63. The van der Waals surface area contributed by atoms with Gasteiger partial charge in [-0.05, 0) is 20.3 Å². The molecule has 1 aromatic carbocycles. The van der Waals surface area contributed by atoms with Crippen LogP contribution in [-0.4, -0.2) is 30.8 Å². The average Bonchev–Trinajstić information content (AvgIpc) is 3.16.